The molecule has 1 rings (SSSR count). The maximum absolute atomic E-state index is 9.58. The third-order valence-corrected chi connectivity index (χ3v) is 4.02. The summed E-state index contributed by atoms with van der Waals surface area (Å²) in [6.07, 6.45) is -2.94. The zero-order valence-corrected chi connectivity index (χ0v) is 13.0. The minimum Gasteiger partial charge on any atom is -0.388 e. The average Bonchev–Trinajstić information content (AvgIpc) is 2.37. The van der Waals surface area contributed by atoms with Crippen molar-refractivity contribution >= 4 is 32.7 Å². The topological polar surface area (TPSA) is 69.9 Å². The summed E-state index contributed by atoms with van der Waals surface area (Å²) in [6.45, 7) is 1.71. The molecule has 7 heteroatoms. The Morgan fingerprint density at radius 3 is 2.32 bits per heavy atom. The number of hydrogen-bond donors (Lipinski definition) is 3. The Kier molecular flexibility index (Phi) is 6.98. The van der Waals surface area contributed by atoms with E-state index >= 15 is 0 Å². The standard InChI is InChI=1S/C12H17Cl2O4P/c1-6(11(15)12(16)17)4-10(18-19)7-2-3-8(13)9(14)5-7/h2-3,5-6,10-12,15-17H,4,19H2,1H3. The van der Waals surface area contributed by atoms with Crippen molar-refractivity contribution in [3.63, 3.8) is 0 Å². The van der Waals surface area contributed by atoms with Gasteiger partial charge in [-0.3, -0.25) is 0 Å². The number of rotatable bonds is 6. The van der Waals surface area contributed by atoms with E-state index in [1.807, 2.05) is 0 Å². The zero-order chi connectivity index (χ0) is 14.6. The van der Waals surface area contributed by atoms with Crippen LogP contribution < -0.4 is 0 Å². The van der Waals surface area contributed by atoms with E-state index in [2.05, 4.69) is 9.47 Å². The van der Waals surface area contributed by atoms with Gasteiger partial charge in [-0.1, -0.05) is 36.2 Å². The molecule has 4 unspecified atom stereocenters. The Balaban J connectivity index is 2.80. The molecule has 0 aliphatic carbocycles. The Hall–Kier alpha value is 0.0700. The monoisotopic (exact) mass is 326 g/mol. The van der Waals surface area contributed by atoms with Crippen LogP contribution in [0.2, 0.25) is 10.0 Å². The lowest BCUT2D eigenvalue weighted by molar-refractivity contribution is -0.141. The molecule has 0 saturated heterocycles. The molecule has 0 saturated carbocycles. The second-order valence-corrected chi connectivity index (χ2v) is 5.50. The molecule has 0 amide bonds. The van der Waals surface area contributed by atoms with E-state index < -0.39 is 12.4 Å². The van der Waals surface area contributed by atoms with E-state index in [0.29, 0.717) is 16.5 Å². The Morgan fingerprint density at radius 1 is 1.21 bits per heavy atom. The van der Waals surface area contributed by atoms with Crippen LogP contribution in [0, 0.1) is 5.92 Å². The van der Waals surface area contributed by atoms with E-state index in [-0.39, 0.29) is 12.0 Å². The first-order chi connectivity index (χ1) is 8.86. The average molecular weight is 327 g/mol. The van der Waals surface area contributed by atoms with E-state index in [9.17, 15) is 5.11 Å². The summed E-state index contributed by atoms with van der Waals surface area (Å²) in [7, 11) is 2.16. The first-order valence-corrected chi connectivity index (χ1v) is 6.94. The van der Waals surface area contributed by atoms with Crippen LogP contribution in [0.3, 0.4) is 0 Å². The molecule has 0 heterocycles. The molecule has 0 fully saturated rings. The van der Waals surface area contributed by atoms with Crippen LogP contribution in [0.15, 0.2) is 18.2 Å². The van der Waals surface area contributed by atoms with Gasteiger partial charge >= 0.3 is 0 Å². The largest absolute Gasteiger partial charge is 0.388 e. The summed E-state index contributed by atoms with van der Waals surface area (Å²) in [5, 5.41) is 28.3. The van der Waals surface area contributed by atoms with Crippen LogP contribution in [-0.2, 0) is 4.52 Å². The Bertz CT molecular complexity index is 417. The van der Waals surface area contributed by atoms with Crippen molar-refractivity contribution in [3.8, 4) is 0 Å². The quantitative estimate of drug-likeness (QED) is 0.555. The zero-order valence-electron chi connectivity index (χ0n) is 10.3. The third kappa shape index (κ3) is 4.83. The maximum Gasteiger partial charge on any atom is 0.178 e. The van der Waals surface area contributed by atoms with Crippen LogP contribution in [0.4, 0.5) is 0 Å². The number of aliphatic hydroxyl groups is 3. The van der Waals surface area contributed by atoms with Gasteiger partial charge in [0, 0.05) is 9.47 Å². The van der Waals surface area contributed by atoms with Crippen LogP contribution in [-0.4, -0.2) is 27.7 Å². The molecule has 0 aromatic heterocycles. The summed E-state index contributed by atoms with van der Waals surface area (Å²) >= 11 is 11.8. The predicted molar refractivity (Wildman–Crippen MR) is 78.0 cm³/mol. The normalized spacial score (nSPS) is 16.4. The van der Waals surface area contributed by atoms with Gasteiger partial charge in [-0.05, 0) is 30.0 Å². The second-order valence-electron chi connectivity index (χ2n) is 4.42. The maximum atomic E-state index is 9.58. The van der Waals surface area contributed by atoms with Gasteiger partial charge in [0.25, 0.3) is 0 Å². The molecule has 0 radical (unpaired) electrons. The molecule has 0 bridgehead atoms. The van der Waals surface area contributed by atoms with Crippen molar-refractivity contribution in [1.82, 2.24) is 0 Å². The molecule has 1 aromatic rings. The van der Waals surface area contributed by atoms with Gasteiger partial charge in [-0.25, -0.2) is 0 Å². The summed E-state index contributed by atoms with van der Waals surface area (Å²) < 4.78 is 5.27. The fourth-order valence-electron chi connectivity index (χ4n) is 1.75. The van der Waals surface area contributed by atoms with E-state index in [4.69, 9.17) is 37.9 Å². The molecule has 0 spiro atoms. The first kappa shape index (κ1) is 17.1. The van der Waals surface area contributed by atoms with Gasteiger partial charge in [0.1, 0.15) is 6.10 Å². The van der Waals surface area contributed by atoms with Crippen LogP contribution in [0.1, 0.15) is 25.0 Å². The molecule has 0 aliphatic heterocycles. The highest BCUT2D eigenvalue weighted by molar-refractivity contribution is 7.09. The van der Waals surface area contributed by atoms with Gasteiger partial charge < -0.3 is 19.8 Å². The van der Waals surface area contributed by atoms with Gasteiger partial charge in [0.15, 0.2) is 6.29 Å². The smallest absolute Gasteiger partial charge is 0.178 e. The predicted octanol–water partition coefficient (Wildman–Crippen LogP) is 2.54. The highest BCUT2D eigenvalue weighted by Gasteiger charge is 2.25. The van der Waals surface area contributed by atoms with Crippen LogP contribution in [0.25, 0.3) is 0 Å². The summed E-state index contributed by atoms with van der Waals surface area (Å²) in [5.74, 6) is -0.361. The van der Waals surface area contributed by atoms with Crippen molar-refractivity contribution in [2.24, 2.45) is 5.92 Å². The molecular formula is C12H17Cl2O4P. The summed E-state index contributed by atoms with van der Waals surface area (Å²) in [6, 6.07) is 5.13. The molecule has 108 valence electrons. The first-order valence-electron chi connectivity index (χ1n) is 5.71. The highest BCUT2D eigenvalue weighted by atomic mass is 35.5. The molecule has 0 aliphatic rings. The van der Waals surface area contributed by atoms with Crippen molar-refractivity contribution < 1.29 is 19.8 Å². The fourth-order valence-corrected chi connectivity index (χ4v) is 2.33. The molecule has 4 nitrogen and oxygen atoms in total. The van der Waals surface area contributed by atoms with Gasteiger partial charge in [-0.15, -0.1) is 0 Å². The number of benzene rings is 1. The minimum absolute atomic E-state index is 0.344. The Morgan fingerprint density at radius 2 is 1.84 bits per heavy atom. The van der Waals surface area contributed by atoms with Crippen LogP contribution in [0.5, 0.6) is 0 Å². The second kappa shape index (κ2) is 7.75. The molecule has 4 atom stereocenters. The van der Waals surface area contributed by atoms with Gasteiger partial charge in [0.05, 0.1) is 16.1 Å². The summed E-state index contributed by atoms with van der Waals surface area (Å²) in [5.41, 5.74) is 0.802. The lowest BCUT2D eigenvalue weighted by Gasteiger charge is -2.25. The third-order valence-electron chi connectivity index (χ3n) is 2.95. The van der Waals surface area contributed by atoms with Gasteiger partial charge in [-0.2, -0.15) is 0 Å². The van der Waals surface area contributed by atoms with Crippen molar-refractivity contribution in [1.29, 1.82) is 0 Å². The van der Waals surface area contributed by atoms with Crippen molar-refractivity contribution in [2.75, 3.05) is 0 Å². The van der Waals surface area contributed by atoms with E-state index in [0.717, 1.165) is 5.56 Å². The SMILES string of the molecule is CC(CC(OP)c1ccc(Cl)c(Cl)c1)C(O)C(O)O. The number of aliphatic hydroxyl groups excluding tert-OH is 2. The van der Waals surface area contributed by atoms with Crippen molar-refractivity contribution in [2.45, 2.75) is 31.8 Å². The lowest BCUT2D eigenvalue weighted by atomic mass is 9.93. The van der Waals surface area contributed by atoms with Gasteiger partial charge in [0.2, 0.25) is 0 Å². The molecule has 3 N–H and O–H groups in total. The molecule has 19 heavy (non-hydrogen) atoms. The molecule has 1 aromatic carbocycles. The number of halogens is 2. The number of hydrogen-bond acceptors (Lipinski definition) is 4. The summed E-state index contributed by atoms with van der Waals surface area (Å²) in [4.78, 5) is 0. The fraction of sp³-hybridized carbons (Fsp3) is 0.500. The van der Waals surface area contributed by atoms with E-state index in [1.165, 1.54) is 0 Å². The highest BCUT2D eigenvalue weighted by Crippen LogP contribution is 2.32. The van der Waals surface area contributed by atoms with Crippen molar-refractivity contribution in [3.05, 3.63) is 33.8 Å². The minimum atomic E-state index is -1.77. The lowest BCUT2D eigenvalue weighted by Crippen LogP contribution is -2.32. The molecular weight excluding hydrogens is 310 g/mol. The van der Waals surface area contributed by atoms with E-state index in [1.54, 1.807) is 25.1 Å². The van der Waals surface area contributed by atoms with Crippen LogP contribution >= 0.6 is 32.7 Å². The Labute approximate surface area is 124 Å².